The van der Waals surface area contributed by atoms with Gasteiger partial charge in [-0.2, -0.15) is 0 Å². The van der Waals surface area contributed by atoms with Crippen LogP contribution in [0.5, 0.6) is 0 Å². The first-order chi connectivity index (χ1) is 13.4. The Morgan fingerprint density at radius 1 is 1.21 bits per heavy atom. The number of likely N-dealkylation sites (N-methyl/N-ethyl adjacent to an activating group) is 1. The third-order valence-electron chi connectivity index (χ3n) is 4.48. The summed E-state index contributed by atoms with van der Waals surface area (Å²) in [6, 6.07) is 14.7. The van der Waals surface area contributed by atoms with Gasteiger partial charge in [0.25, 0.3) is 5.56 Å². The standard InChI is InChI=1S/C21H24ClN3O3/c1-14(15-7-9-16(22)10-8-15)28-13-17(26)11-25(2)12-20-23-19-6-4-3-5-18(19)21(27)24-20/h3-10,14,17,26H,11-13H2,1-2H3,(H,23,24,27)/t14-,17-/m0/s1. The minimum Gasteiger partial charge on any atom is -0.389 e. The van der Waals surface area contributed by atoms with Gasteiger partial charge in [0.1, 0.15) is 5.82 Å². The molecule has 0 bridgehead atoms. The van der Waals surface area contributed by atoms with E-state index in [1.54, 1.807) is 6.07 Å². The molecule has 0 amide bonds. The molecule has 0 fully saturated rings. The van der Waals surface area contributed by atoms with Gasteiger partial charge < -0.3 is 14.8 Å². The summed E-state index contributed by atoms with van der Waals surface area (Å²) < 4.78 is 5.76. The van der Waals surface area contributed by atoms with Crippen LogP contribution >= 0.6 is 11.6 Å². The Hall–Kier alpha value is -2.25. The number of halogens is 1. The van der Waals surface area contributed by atoms with Gasteiger partial charge in [0, 0.05) is 11.6 Å². The lowest BCUT2D eigenvalue weighted by Gasteiger charge is -2.22. The van der Waals surface area contributed by atoms with Gasteiger partial charge >= 0.3 is 0 Å². The SMILES string of the molecule is C[C@H](OC[C@@H](O)CN(C)Cc1nc2ccccc2c(=O)[nH]1)c1ccc(Cl)cc1. The summed E-state index contributed by atoms with van der Waals surface area (Å²) in [7, 11) is 1.86. The second-order valence-corrected chi connectivity index (χ2v) is 7.34. The number of fused-ring (bicyclic) bond motifs is 1. The number of rotatable bonds is 8. The zero-order chi connectivity index (χ0) is 20.1. The van der Waals surface area contributed by atoms with Crippen LogP contribution in [0, 0.1) is 0 Å². The molecule has 1 aromatic heterocycles. The lowest BCUT2D eigenvalue weighted by Crippen LogP contribution is -2.33. The van der Waals surface area contributed by atoms with E-state index < -0.39 is 6.10 Å². The number of benzene rings is 2. The minimum atomic E-state index is -0.660. The van der Waals surface area contributed by atoms with Gasteiger partial charge in [0.05, 0.1) is 36.3 Å². The van der Waals surface area contributed by atoms with Gasteiger partial charge in [-0.15, -0.1) is 0 Å². The molecule has 0 aliphatic carbocycles. The number of nitrogens with zero attached hydrogens (tertiary/aromatic N) is 2. The fraction of sp³-hybridized carbons (Fsp3) is 0.333. The molecule has 7 heteroatoms. The third kappa shape index (κ3) is 5.39. The molecule has 0 unspecified atom stereocenters. The number of hydrogen-bond acceptors (Lipinski definition) is 5. The zero-order valence-electron chi connectivity index (χ0n) is 15.9. The number of H-pyrrole nitrogens is 1. The van der Waals surface area contributed by atoms with Crippen molar-refractivity contribution in [3.05, 3.63) is 75.3 Å². The summed E-state index contributed by atoms with van der Waals surface area (Å²) in [4.78, 5) is 21.3. The highest BCUT2D eigenvalue weighted by atomic mass is 35.5. The van der Waals surface area contributed by atoms with Gasteiger partial charge in [0.2, 0.25) is 0 Å². The highest BCUT2D eigenvalue weighted by Gasteiger charge is 2.13. The summed E-state index contributed by atoms with van der Waals surface area (Å²) in [5.74, 6) is 0.564. The quantitative estimate of drug-likeness (QED) is 0.606. The van der Waals surface area contributed by atoms with E-state index >= 15 is 0 Å². The minimum absolute atomic E-state index is 0.143. The van der Waals surface area contributed by atoms with E-state index in [9.17, 15) is 9.90 Å². The number of aliphatic hydroxyl groups excluding tert-OH is 1. The van der Waals surface area contributed by atoms with E-state index in [1.165, 1.54) is 0 Å². The first kappa shape index (κ1) is 20.5. The summed E-state index contributed by atoms with van der Waals surface area (Å²) in [5.41, 5.74) is 1.51. The molecule has 0 saturated carbocycles. The predicted molar refractivity (Wildman–Crippen MR) is 111 cm³/mol. The van der Waals surface area contributed by atoms with Crippen LogP contribution < -0.4 is 5.56 Å². The van der Waals surface area contributed by atoms with E-state index in [0.717, 1.165) is 5.56 Å². The van der Waals surface area contributed by atoms with Crippen molar-refractivity contribution in [3.8, 4) is 0 Å². The highest BCUT2D eigenvalue weighted by molar-refractivity contribution is 6.30. The molecule has 28 heavy (non-hydrogen) atoms. The summed E-state index contributed by atoms with van der Waals surface area (Å²) in [6.07, 6.45) is -0.803. The zero-order valence-corrected chi connectivity index (χ0v) is 16.7. The van der Waals surface area contributed by atoms with E-state index in [0.29, 0.717) is 34.8 Å². The van der Waals surface area contributed by atoms with Crippen molar-refractivity contribution in [1.29, 1.82) is 0 Å². The van der Waals surface area contributed by atoms with Crippen LogP contribution in [0.1, 0.15) is 24.4 Å². The topological polar surface area (TPSA) is 78.5 Å². The maximum atomic E-state index is 12.1. The molecule has 0 aliphatic rings. The molecule has 1 heterocycles. The first-order valence-electron chi connectivity index (χ1n) is 9.14. The van der Waals surface area contributed by atoms with Crippen molar-refractivity contribution in [2.45, 2.75) is 25.7 Å². The molecule has 2 N–H and O–H groups in total. The molecule has 0 aliphatic heterocycles. The average molecular weight is 402 g/mol. The van der Waals surface area contributed by atoms with Crippen LogP contribution in [-0.2, 0) is 11.3 Å². The second kappa shape index (κ2) is 9.30. The second-order valence-electron chi connectivity index (χ2n) is 6.91. The molecule has 0 radical (unpaired) electrons. The van der Waals surface area contributed by atoms with Crippen LogP contribution in [0.3, 0.4) is 0 Å². The molecular weight excluding hydrogens is 378 g/mol. The fourth-order valence-corrected chi connectivity index (χ4v) is 3.15. The Morgan fingerprint density at radius 2 is 1.93 bits per heavy atom. The Bertz CT molecular complexity index is 975. The molecule has 3 aromatic rings. The Kier molecular flexibility index (Phi) is 6.80. The van der Waals surface area contributed by atoms with Crippen molar-refractivity contribution in [1.82, 2.24) is 14.9 Å². The van der Waals surface area contributed by atoms with E-state index in [4.69, 9.17) is 16.3 Å². The smallest absolute Gasteiger partial charge is 0.258 e. The molecule has 2 aromatic carbocycles. The number of para-hydroxylation sites is 1. The van der Waals surface area contributed by atoms with Crippen LogP contribution in [0.2, 0.25) is 5.02 Å². The molecule has 0 spiro atoms. The van der Waals surface area contributed by atoms with Crippen LogP contribution in [0.15, 0.2) is 53.3 Å². The summed E-state index contributed by atoms with van der Waals surface area (Å²) in [5, 5.41) is 11.5. The van der Waals surface area contributed by atoms with Crippen molar-refractivity contribution in [2.75, 3.05) is 20.2 Å². The van der Waals surface area contributed by atoms with E-state index in [2.05, 4.69) is 9.97 Å². The van der Waals surface area contributed by atoms with Crippen LogP contribution in [0.4, 0.5) is 0 Å². The Labute approximate surface area is 168 Å². The van der Waals surface area contributed by atoms with Gasteiger partial charge in [0.15, 0.2) is 0 Å². The van der Waals surface area contributed by atoms with E-state index in [-0.39, 0.29) is 18.3 Å². The van der Waals surface area contributed by atoms with Crippen molar-refractivity contribution in [3.63, 3.8) is 0 Å². The largest absolute Gasteiger partial charge is 0.389 e. The van der Waals surface area contributed by atoms with Gasteiger partial charge in [-0.25, -0.2) is 4.98 Å². The van der Waals surface area contributed by atoms with Crippen LogP contribution in [-0.4, -0.2) is 46.3 Å². The predicted octanol–water partition coefficient (Wildman–Crippen LogP) is 3.15. The van der Waals surface area contributed by atoms with Crippen LogP contribution in [0.25, 0.3) is 10.9 Å². The maximum absolute atomic E-state index is 12.1. The molecular formula is C21H24ClN3O3. The fourth-order valence-electron chi connectivity index (χ4n) is 3.03. The number of ether oxygens (including phenoxy) is 1. The molecule has 148 valence electrons. The number of hydrogen-bond donors (Lipinski definition) is 2. The molecule has 2 atom stereocenters. The number of aliphatic hydroxyl groups is 1. The van der Waals surface area contributed by atoms with Gasteiger partial charge in [-0.1, -0.05) is 35.9 Å². The van der Waals surface area contributed by atoms with Crippen molar-refractivity contribution >= 4 is 22.5 Å². The lowest BCUT2D eigenvalue weighted by atomic mass is 10.1. The number of aromatic nitrogens is 2. The summed E-state index contributed by atoms with van der Waals surface area (Å²) >= 11 is 5.90. The molecule has 3 rings (SSSR count). The first-order valence-corrected chi connectivity index (χ1v) is 9.52. The highest BCUT2D eigenvalue weighted by Crippen LogP contribution is 2.19. The van der Waals surface area contributed by atoms with Gasteiger partial charge in [-0.3, -0.25) is 9.69 Å². The summed E-state index contributed by atoms with van der Waals surface area (Å²) in [6.45, 7) is 2.95. The maximum Gasteiger partial charge on any atom is 0.258 e. The normalized spacial score (nSPS) is 13.8. The van der Waals surface area contributed by atoms with Crippen molar-refractivity contribution < 1.29 is 9.84 Å². The lowest BCUT2D eigenvalue weighted by molar-refractivity contribution is -0.0140. The molecule has 0 saturated heterocycles. The van der Waals surface area contributed by atoms with Crippen molar-refractivity contribution in [2.24, 2.45) is 0 Å². The monoisotopic (exact) mass is 401 g/mol. The average Bonchev–Trinajstić information content (AvgIpc) is 2.66. The van der Waals surface area contributed by atoms with Gasteiger partial charge in [-0.05, 0) is 43.8 Å². The Morgan fingerprint density at radius 3 is 2.68 bits per heavy atom. The number of nitrogens with one attached hydrogen (secondary N) is 1. The van der Waals surface area contributed by atoms with E-state index in [1.807, 2.05) is 61.3 Å². The molecule has 6 nitrogen and oxygen atoms in total. The third-order valence-corrected chi connectivity index (χ3v) is 4.73. The Balaban J connectivity index is 1.52. The number of aromatic amines is 1.